The second-order valence-electron chi connectivity index (χ2n) is 8.75. The van der Waals surface area contributed by atoms with E-state index in [1.54, 1.807) is 11.1 Å². The summed E-state index contributed by atoms with van der Waals surface area (Å²) < 4.78 is 23.8. The molecule has 0 aliphatic carbocycles. The molecule has 0 fully saturated rings. The van der Waals surface area contributed by atoms with Gasteiger partial charge in [-0.2, -0.15) is 4.98 Å². The van der Waals surface area contributed by atoms with Crippen LogP contribution in [-0.2, 0) is 26.1 Å². The molecule has 0 spiro atoms. The minimum absolute atomic E-state index is 0.0638. The molecule has 1 amide bonds. The molecule has 0 unspecified atom stereocenters. The summed E-state index contributed by atoms with van der Waals surface area (Å²) in [5, 5.41) is 3.20. The van der Waals surface area contributed by atoms with Gasteiger partial charge in [-0.15, -0.1) is 0 Å². The molecule has 160 valence electrons. The van der Waals surface area contributed by atoms with Crippen LogP contribution in [0.2, 0.25) is 0 Å². The monoisotopic (exact) mass is 429 g/mol. The average Bonchev–Trinajstić information content (AvgIpc) is 2.87. The maximum Gasteiger partial charge on any atom is 0.229 e. The molecule has 2 aliphatic heterocycles. The third-order valence-electron chi connectivity index (χ3n) is 5.49. The quantitative estimate of drug-likeness (QED) is 0.801. The number of carbonyl (C=O) groups is 1. The van der Waals surface area contributed by atoms with Crippen molar-refractivity contribution in [3.63, 3.8) is 0 Å². The SMILES string of the molecule is CCN1C(=O)CCN(C(C)(C)C)c2nc(Nc3ccc4c(c3)CS(=O)(=O)C4)ncc21. The van der Waals surface area contributed by atoms with Crippen molar-refractivity contribution in [3.05, 3.63) is 35.5 Å². The van der Waals surface area contributed by atoms with Crippen LogP contribution in [0, 0.1) is 0 Å². The predicted octanol–water partition coefficient (Wildman–Crippen LogP) is 3.01. The summed E-state index contributed by atoms with van der Waals surface area (Å²) in [5.74, 6) is 1.36. The van der Waals surface area contributed by atoms with Gasteiger partial charge in [0.2, 0.25) is 11.9 Å². The summed E-state index contributed by atoms with van der Waals surface area (Å²) in [6.45, 7) is 9.37. The first-order valence-corrected chi connectivity index (χ1v) is 11.9. The number of hydrogen-bond acceptors (Lipinski definition) is 7. The van der Waals surface area contributed by atoms with Gasteiger partial charge in [0.25, 0.3) is 0 Å². The lowest BCUT2D eigenvalue weighted by Crippen LogP contribution is -2.42. The zero-order valence-corrected chi connectivity index (χ0v) is 18.6. The summed E-state index contributed by atoms with van der Waals surface area (Å²) in [7, 11) is -3.05. The molecule has 2 aromatic rings. The van der Waals surface area contributed by atoms with Gasteiger partial charge in [0.15, 0.2) is 15.7 Å². The highest BCUT2D eigenvalue weighted by Crippen LogP contribution is 2.36. The van der Waals surface area contributed by atoms with Gasteiger partial charge in [0.1, 0.15) is 5.69 Å². The maximum absolute atomic E-state index is 12.6. The van der Waals surface area contributed by atoms with E-state index in [0.717, 1.165) is 22.6 Å². The van der Waals surface area contributed by atoms with Gasteiger partial charge in [-0.05, 0) is 51.0 Å². The summed E-state index contributed by atoms with van der Waals surface area (Å²) in [4.78, 5) is 25.7. The lowest BCUT2D eigenvalue weighted by Gasteiger charge is -2.36. The molecule has 1 aromatic carbocycles. The van der Waals surface area contributed by atoms with E-state index in [-0.39, 0.29) is 23.0 Å². The molecule has 2 aliphatic rings. The number of nitrogens with one attached hydrogen (secondary N) is 1. The summed E-state index contributed by atoms with van der Waals surface area (Å²) in [5.41, 5.74) is 2.89. The Hall–Kier alpha value is -2.68. The number of aromatic nitrogens is 2. The zero-order chi connectivity index (χ0) is 21.7. The standard InChI is InChI=1S/C21H27N5O3S/c1-5-25-17-11-22-20(24-19(17)26(21(2,3)4)9-8-18(25)27)23-16-7-6-14-12-30(28,29)13-15(14)10-16/h6-7,10-11H,5,8-9,12-13H2,1-4H3,(H,22,23,24). The number of rotatable bonds is 3. The van der Waals surface area contributed by atoms with Crippen LogP contribution in [-0.4, -0.2) is 42.9 Å². The van der Waals surface area contributed by atoms with Crippen molar-refractivity contribution in [3.8, 4) is 0 Å². The van der Waals surface area contributed by atoms with E-state index in [4.69, 9.17) is 4.98 Å². The first-order chi connectivity index (χ1) is 14.1. The van der Waals surface area contributed by atoms with Gasteiger partial charge in [0, 0.05) is 30.7 Å². The Morgan fingerprint density at radius 3 is 2.60 bits per heavy atom. The van der Waals surface area contributed by atoms with Gasteiger partial charge >= 0.3 is 0 Å². The first-order valence-electron chi connectivity index (χ1n) is 10.1. The van der Waals surface area contributed by atoms with E-state index in [1.807, 2.05) is 25.1 Å². The van der Waals surface area contributed by atoms with Crippen molar-refractivity contribution in [1.29, 1.82) is 0 Å². The normalized spacial score (nSPS) is 18.1. The Labute approximate surface area is 177 Å². The Kier molecular flexibility index (Phi) is 4.96. The van der Waals surface area contributed by atoms with E-state index in [9.17, 15) is 13.2 Å². The van der Waals surface area contributed by atoms with Crippen LogP contribution in [0.15, 0.2) is 24.4 Å². The van der Waals surface area contributed by atoms with Gasteiger partial charge in [0.05, 0.1) is 17.7 Å². The summed E-state index contributed by atoms with van der Waals surface area (Å²) in [6, 6.07) is 5.53. The van der Waals surface area contributed by atoms with Gasteiger partial charge in [-0.1, -0.05) is 6.07 Å². The van der Waals surface area contributed by atoms with E-state index in [2.05, 4.69) is 36.0 Å². The molecule has 1 N–H and O–H groups in total. The van der Waals surface area contributed by atoms with E-state index in [1.165, 1.54) is 0 Å². The molecule has 30 heavy (non-hydrogen) atoms. The molecule has 9 heteroatoms. The maximum atomic E-state index is 12.6. The number of carbonyl (C=O) groups excluding carboxylic acids is 1. The van der Waals surface area contributed by atoms with Crippen LogP contribution < -0.4 is 15.1 Å². The molecular weight excluding hydrogens is 402 g/mol. The predicted molar refractivity (Wildman–Crippen MR) is 118 cm³/mol. The summed E-state index contributed by atoms with van der Waals surface area (Å²) >= 11 is 0. The minimum atomic E-state index is -3.05. The highest BCUT2D eigenvalue weighted by Gasteiger charge is 2.33. The number of amides is 1. The van der Waals surface area contributed by atoms with Gasteiger partial charge in [-0.25, -0.2) is 13.4 Å². The molecule has 0 saturated carbocycles. The molecule has 0 saturated heterocycles. The third kappa shape index (κ3) is 3.86. The van der Waals surface area contributed by atoms with Crippen LogP contribution in [0.25, 0.3) is 0 Å². The molecule has 8 nitrogen and oxygen atoms in total. The number of benzene rings is 1. The Bertz CT molecular complexity index is 1110. The Morgan fingerprint density at radius 1 is 1.17 bits per heavy atom. The second-order valence-corrected chi connectivity index (χ2v) is 10.8. The van der Waals surface area contributed by atoms with Crippen molar-refractivity contribution in [2.24, 2.45) is 0 Å². The highest BCUT2D eigenvalue weighted by atomic mass is 32.2. The third-order valence-corrected chi connectivity index (χ3v) is 6.99. The topological polar surface area (TPSA) is 95.5 Å². The molecule has 0 bridgehead atoms. The zero-order valence-electron chi connectivity index (χ0n) is 17.8. The average molecular weight is 430 g/mol. The number of fused-ring (bicyclic) bond motifs is 2. The Balaban J connectivity index is 1.70. The van der Waals surface area contributed by atoms with Crippen molar-refractivity contribution in [2.75, 3.05) is 28.2 Å². The molecule has 4 rings (SSSR count). The van der Waals surface area contributed by atoms with Crippen LogP contribution in [0.3, 0.4) is 0 Å². The lowest BCUT2D eigenvalue weighted by molar-refractivity contribution is -0.118. The molecule has 3 heterocycles. The lowest BCUT2D eigenvalue weighted by atomic mass is 10.1. The smallest absolute Gasteiger partial charge is 0.229 e. The second kappa shape index (κ2) is 7.23. The fraction of sp³-hybridized carbons (Fsp3) is 0.476. The van der Waals surface area contributed by atoms with Crippen molar-refractivity contribution >= 4 is 38.9 Å². The Morgan fingerprint density at radius 2 is 1.90 bits per heavy atom. The fourth-order valence-corrected chi connectivity index (χ4v) is 5.63. The van der Waals surface area contributed by atoms with E-state index in [0.29, 0.717) is 31.1 Å². The van der Waals surface area contributed by atoms with Crippen molar-refractivity contribution in [2.45, 2.75) is 51.2 Å². The van der Waals surface area contributed by atoms with Crippen LogP contribution in [0.1, 0.15) is 45.2 Å². The van der Waals surface area contributed by atoms with Crippen LogP contribution in [0.4, 0.5) is 23.1 Å². The molecular formula is C21H27N5O3S. The highest BCUT2D eigenvalue weighted by molar-refractivity contribution is 7.90. The van der Waals surface area contributed by atoms with Crippen molar-refractivity contribution in [1.82, 2.24) is 9.97 Å². The molecule has 0 radical (unpaired) electrons. The number of anilines is 4. The molecule has 1 aromatic heterocycles. The van der Waals surface area contributed by atoms with E-state index < -0.39 is 9.84 Å². The van der Waals surface area contributed by atoms with Crippen LogP contribution >= 0.6 is 0 Å². The van der Waals surface area contributed by atoms with Crippen molar-refractivity contribution < 1.29 is 13.2 Å². The first kappa shape index (κ1) is 20.6. The number of nitrogens with zero attached hydrogens (tertiary/aromatic N) is 4. The van der Waals surface area contributed by atoms with Crippen LogP contribution in [0.5, 0.6) is 0 Å². The van der Waals surface area contributed by atoms with Gasteiger partial charge in [-0.3, -0.25) is 4.79 Å². The van der Waals surface area contributed by atoms with Gasteiger partial charge < -0.3 is 15.1 Å². The molecule has 0 atom stereocenters. The summed E-state index contributed by atoms with van der Waals surface area (Å²) in [6.07, 6.45) is 2.11. The number of sulfone groups is 1. The largest absolute Gasteiger partial charge is 0.349 e. The number of hydrogen-bond donors (Lipinski definition) is 1. The van der Waals surface area contributed by atoms with E-state index >= 15 is 0 Å². The minimum Gasteiger partial charge on any atom is -0.349 e. The fourth-order valence-electron chi connectivity index (χ4n) is 4.03.